The third-order valence-electron chi connectivity index (χ3n) is 4.79. The van der Waals surface area contributed by atoms with Crippen molar-refractivity contribution in [2.45, 2.75) is 37.4 Å². The maximum absolute atomic E-state index is 12.6. The van der Waals surface area contributed by atoms with Gasteiger partial charge in [-0.05, 0) is 19.3 Å². The van der Waals surface area contributed by atoms with Crippen LogP contribution in [0, 0.1) is 5.92 Å². The lowest BCUT2D eigenvalue weighted by atomic mass is 10.0. The number of rotatable bonds is 7. The topological polar surface area (TPSA) is 138 Å². The average Bonchev–Trinajstić information content (AvgIpc) is 3.13. The first-order chi connectivity index (χ1) is 12.3. The fourth-order valence-electron chi connectivity index (χ4n) is 3.53. The Morgan fingerprint density at radius 1 is 1.42 bits per heavy atom. The molecule has 13 heteroatoms. The van der Waals surface area contributed by atoms with Crippen LogP contribution >= 0.6 is 0 Å². The number of hydroxylamine groups is 3. The predicted molar refractivity (Wildman–Crippen MR) is 83.4 cm³/mol. The van der Waals surface area contributed by atoms with Crippen LogP contribution < -0.4 is 10.8 Å². The van der Waals surface area contributed by atoms with Crippen molar-refractivity contribution in [3.63, 3.8) is 0 Å². The molecular weight excluding hydrogens is 375 g/mol. The molecular formula is C13H21FN4O7S. The van der Waals surface area contributed by atoms with Gasteiger partial charge in [0, 0.05) is 25.0 Å². The Morgan fingerprint density at radius 2 is 2.19 bits per heavy atom. The second-order valence-corrected chi connectivity index (χ2v) is 7.65. The molecule has 3 aliphatic rings. The van der Waals surface area contributed by atoms with E-state index < -0.39 is 41.1 Å². The van der Waals surface area contributed by atoms with E-state index in [0.717, 1.165) is 0 Å². The van der Waals surface area contributed by atoms with Crippen LogP contribution in [0.25, 0.3) is 0 Å². The van der Waals surface area contributed by atoms with E-state index in [-0.39, 0.29) is 25.1 Å². The van der Waals surface area contributed by atoms with Gasteiger partial charge >= 0.3 is 16.4 Å². The number of alkyl halides is 1. The number of hydrogen-bond donors (Lipinski definition) is 3. The van der Waals surface area contributed by atoms with E-state index in [9.17, 15) is 22.4 Å². The van der Waals surface area contributed by atoms with Gasteiger partial charge in [0.1, 0.15) is 6.04 Å². The highest BCUT2D eigenvalue weighted by molar-refractivity contribution is 7.80. The van der Waals surface area contributed by atoms with Crippen LogP contribution in [-0.2, 0) is 24.3 Å². The number of hydrogen-bond acceptors (Lipinski definition) is 7. The van der Waals surface area contributed by atoms with Gasteiger partial charge in [0.15, 0.2) is 0 Å². The van der Waals surface area contributed by atoms with Gasteiger partial charge in [-0.3, -0.25) is 18.6 Å². The first kappa shape index (κ1) is 19.2. The monoisotopic (exact) mass is 396 g/mol. The minimum absolute atomic E-state index is 0.0504. The molecule has 3 heterocycles. The minimum Gasteiger partial charge on any atom is -0.311 e. The zero-order valence-electron chi connectivity index (χ0n) is 13.8. The zero-order valence-corrected chi connectivity index (χ0v) is 14.7. The Bertz CT molecular complexity index is 663. The van der Waals surface area contributed by atoms with Crippen LogP contribution in [0.4, 0.5) is 9.18 Å². The molecule has 11 nitrogen and oxygen atoms in total. The first-order valence-corrected chi connectivity index (χ1v) is 9.63. The zero-order chi connectivity index (χ0) is 18.9. The van der Waals surface area contributed by atoms with Crippen LogP contribution in [0.2, 0.25) is 0 Å². The van der Waals surface area contributed by atoms with Crippen molar-refractivity contribution < 1.29 is 36.1 Å². The molecule has 3 N–H and O–H groups in total. The Hall–Kier alpha value is -1.54. The maximum atomic E-state index is 12.6. The number of piperidine rings is 1. The molecule has 3 saturated heterocycles. The molecule has 4 atom stereocenters. The highest BCUT2D eigenvalue weighted by Gasteiger charge is 2.49. The molecule has 3 amide bonds. The standard InChI is InChI=1S/C13H21FN4O7S/c14-4-8-3-9(15-5-8)7-24-16-12(19)11-2-1-10-6-17(11)13(20)18(10)25-26(21,22)23/h8-11,15H,1-7H2,(H,16,19)(H,21,22,23)/t8-,9-,10+,11-/m0/s1. The van der Waals surface area contributed by atoms with Crippen LogP contribution in [-0.4, -0.2) is 79.4 Å². The molecule has 0 spiro atoms. The van der Waals surface area contributed by atoms with E-state index in [1.165, 1.54) is 4.90 Å². The van der Waals surface area contributed by atoms with E-state index in [1.807, 2.05) is 0 Å². The molecule has 0 saturated carbocycles. The van der Waals surface area contributed by atoms with E-state index in [4.69, 9.17) is 9.39 Å². The maximum Gasteiger partial charge on any atom is 0.418 e. The fraction of sp³-hybridized carbons (Fsp3) is 0.846. The number of carbonyl (C=O) groups excluding carboxylic acids is 2. The van der Waals surface area contributed by atoms with E-state index in [0.29, 0.717) is 30.9 Å². The molecule has 3 fully saturated rings. The molecule has 148 valence electrons. The summed E-state index contributed by atoms with van der Waals surface area (Å²) in [6, 6.07) is -2.26. The average molecular weight is 396 g/mol. The lowest BCUT2D eigenvalue weighted by molar-refractivity contribution is -0.139. The van der Waals surface area contributed by atoms with E-state index in [2.05, 4.69) is 15.1 Å². The number of nitrogens with zero attached hydrogens (tertiary/aromatic N) is 2. The van der Waals surface area contributed by atoms with Gasteiger partial charge in [-0.25, -0.2) is 10.3 Å². The second-order valence-electron chi connectivity index (χ2n) is 6.65. The van der Waals surface area contributed by atoms with Gasteiger partial charge in [0.2, 0.25) is 0 Å². The molecule has 2 bridgehead atoms. The largest absolute Gasteiger partial charge is 0.418 e. The number of carbonyl (C=O) groups is 2. The van der Waals surface area contributed by atoms with Gasteiger partial charge in [-0.15, -0.1) is 4.28 Å². The molecule has 0 aliphatic carbocycles. The third kappa shape index (κ3) is 4.23. The van der Waals surface area contributed by atoms with Crippen molar-refractivity contribution in [1.82, 2.24) is 20.8 Å². The van der Waals surface area contributed by atoms with Gasteiger partial charge < -0.3 is 10.2 Å². The molecule has 0 aromatic rings. The minimum atomic E-state index is -4.83. The summed E-state index contributed by atoms with van der Waals surface area (Å²) in [5.74, 6) is -0.587. The number of urea groups is 1. The molecule has 3 aliphatic heterocycles. The lowest BCUT2D eigenvalue weighted by Crippen LogP contribution is -2.50. The summed E-state index contributed by atoms with van der Waals surface area (Å²) in [7, 11) is -4.83. The van der Waals surface area contributed by atoms with Crippen molar-refractivity contribution in [3.05, 3.63) is 0 Å². The molecule has 26 heavy (non-hydrogen) atoms. The Balaban J connectivity index is 1.49. The van der Waals surface area contributed by atoms with Gasteiger partial charge in [-0.1, -0.05) is 0 Å². The summed E-state index contributed by atoms with van der Waals surface area (Å²) in [4.78, 5) is 30.8. The lowest BCUT2D eigenvalue weighted by Gasteiger charge is -2.29. The van der Waals surface area contributed by atoms with E-state index >= 15 is 0 Å². The number of halogens is 1. The predicted octanol–water partition coefficient (Wildman–Crippen LogP) is -1.02. The third-order valence-corrected chi connectivity index (χ3v) is 5.14. The summed E-state index contributed by atoms with van der Waals surface area (Å²) >= 11 is 0. The summed E-state index contributed by atoms with van der Waals surface area (Å²) < 4.78 is 47.3. The molecule has 0 aromatic carbocycles. The highest BCUT2D eigenvalue weighted by Crippen LogP contribution is 2.30. The van der Waals surface area contributed by atoms with Crippen molar-refractivity contribution in [2.75, 3.05) is 26.4 Å². The highest BCUT2D eigenvalue weighted by atomic mass is 32.3. The molecule has 0 aromatic heterocycles. The quantitative estimate of drug-likeness (QED) is 0.367. The van der Waals surface area contributed by atoms with Crippen molar-refractivity contribution in [2.24, 2.45) is 5.92 Å². The summed E-state index contributed by atoms with van der Waals surface area (Å²) in [5.41, 5.74) is 2.29. The normalized spacial score (nSPS) is 31.5. The molecule has 0 unspecified atom stereocenters. The SMILES string of the molecule is O=C(NOC[C@@H]1C[C@@H](CF)CN1)[C@@H]1CC[C@@H]2CN1C(=O)N2OS(=O)(=O)O. The second kappa shape index (κ2) is 7.60. The fourth-order valence-corrected chi connectivity index (χ4v) is 3.92. The van der Waals surface area contributed by atoms with Gasteiger partial charge in [0.05, 0.1) is 19.3 Å². The number of amides is 3. The molecule has 3 rings (SSSR count). The Labute approximate surface area is 149 Å². The van der Waals surface area contributed by atoms with Crippen LogP contribution in [0.1, 0.15) is 19.3 Å². The van der Waals surface area contributed by atoms with Gasteiger partial charge in [0.25, 0.3) is 5.91 Å². The number of nitrogens with one attached hydrogen (secondary N) is 2. The van der Waals surface area contributed by atoms with Crippen LogP contribution in [0.15, 0.2) is 0 Å². The van der Waals surface area contributed by atoms with Crippen LogP contribution in [0.3, 0.4) is 0 Å². The Morgan fingerprint density at radius 3 is 2.85 bits per heavy atom. The number of fused-ring (bicyclic) bond motifs is 2. The summed E-state index contributed by atoms with van der Waals surface area (Å²) in [5, 5.41) is 3.66. The van der Waals surface area contributed by atoms with Crippen molar-refractivity contribution in [3.8, 4) is 0 Å². The summed E-state index contributed by atoms with van der Waals surface area (Å²) in [6.07, 6.45) is 1.24. The van der Waals surface area contributed by atoms with Crippen molar-refractivity contribution >= 4 is 22.3 Å². The smallest absolute Gasteiger partial charge is 0.311 e. The Kier molecular flexibility index (Phi) is 5.62. The van der Waals surface area contributed by atoms with Crippen molar-refractivity contribution in [1.29, 1.82) is 0 Å². The first-order valence-electron chi connectivity index (χ1n) is 8.26. The summed E-state index contributed by atoms with van der Waals surface area (Å²) in [6.45, 7) is 0.436. The van der Waals surface area contributed by atoms with E-state index in [1.54, 1.807) is 0 Å². The molecule has 0 radical (unpaired) electrons. The van der Waals surface area contributed by atoms with Gasteiger partial charge in [-0.2, -0.15) is 13.5 Å². The van der Waals surface area contributed by atoms with Crippen LogP contribution in [0.5, 0.6) is 0 Å².